The molecule has 0 aromatic heterocycles. The van der Waals surface area contributed by atoms with Crippen LogP contribution in [0.2, 0.25) is 0 Å². The maximum absolute atomic E-state index is 5.31. The molecule has 2 N–H and O–H groups in total. The normalized spacial score (nSPS) is 16.0. The molecule has 3 rings (SSSR count). The topological polar surface area (TPSA) is 36.4 Å². The fourth-order valence-electron chi connectivity index (χ4n) is 2.99. The highest BCUT2D eigenvalue weighted by Gasteiger charge is 2.13. The smallest absolute Gasteiger partial charge is 0.187 e. The minimum absolute atomic E-state index is 0.501. The van der Waals surface area contributed by atoms with Gasteiger partial charge in [-0.15, -0.1) is 0 Å². The summed E-state index contributed by atoms with van der Waals surface area (Å²) in [7, 11) is 0. The Kier molecular flexibility index (Phi) is 5.01. The predicted octanol–water partition coefficient (Wildman–Crippen LogP) is 3.97. The van der Waals surface area contributed by atoms with Gasteiger partial charge in [-0.05, 0) is 35.8 Å². The highest BCUT2D eigenvalue weighted by Crippen LogP contribution is 2.17. The zero-order valence-corrected chi connectivity index (χ0v) is 13.4. The number of thiocarbonyl (C=S) groups is 1. The summed E-state index contributed by atoms with van der Waals surface area (Å²) < 4.78 is 0. The fourth-order valence-corrected chi connectivity index (χ4v) is 3.21. The van der Waals surface area contributed by atoms with Crippen molar-refractivity contribution >= 4 is 34.3 Å². The largest absolute Gasteiger partial charge is 0.359 e. The van der Waals surface area contributed by atoms with Crippen LogP contribution in [0.25, 0.3) is 10.8 Å². The van der Waals surface area contributed by atoms with Crippen LogP contribution >= 0.6 is 12.2 Å². The van der Waals surface area contributed by atoms with E-state index >= 15 is 0 Å². The third-order valence-electron chi connectivity index (χ3n) is 4.13. The molecule has 1 aliphatic carbocycles. The number of fused-ring (bicyclic) bond motifs is 1. The van der Waals surface area contributed by atoms with Crippen LogP contribution in [0.4, 0.5) is 0 Å². The summed E-state index contributed by atoms with van der Waals surface area (Å²) in [4.78, 5) is 0. The first-order chi connectivity index (χ1) is 10.8. The van der Waals surface area contributed by atoms with E-state index in [4.69, 9.17) is 12.2 Å². The monoisotopic (exact) mass is 311 g/mol. The lowest BCUT2D eigenvalue weighted by atomic mass is 9.96. The Balaban J connectivity index is 1.60. The molecule has 2 aromatic carbocycles. The lowest BCUT2D eigenvalue weighted by molar-refractivity contribution is 0.412. The van der Waals surface area contributed by atoms with E-state index in [1.165, 1.54) is 42.9 Å². The average molecular weight is 311 g/mol. The molecule has 0 saturated heterocycles. The van der Waals surface area contributed by atoms with Crippen LogP contribution in [0.1, 0.15) is 37.7 Å². The van der Waals surface area contributed by atoms with Gasteiger partial charge in [0, 0.05) is 11.6 Å². The molecular formula is C18H21N3S. The van der Waals surface area contributed by atoms with Crippen LogP contribution in [0.15, 0.2) is 47.6 Å². The van der Waals surface area contributed by atoms with Gasteiger partial charge in [-0.3, -0.25) is 5.43 Å². The number of nitrogens with one attached hydrogen (secondary N) is 2. The van der Waals surface area contributed by atoms with Crippen molar-refractivity contribution in [1.29, 1.82) is 0 Å². The van der Waals surface area contributed by atoms with E-state index in [1.807, 2.05) is 24.4 Å². The van der Waals surface area contributed by atoms with Crippen molar-refractivity contribution in [2.45, 2.75) is 38.1 Å². The van der Waals surface area contributed by atoms with Gasteiger partial charge in [0.25, 0.3) is 0 Å². The van der Waals surface area contributed by atoms with Gasteiger partial charge in [-0.1, -0.05) is 61.7 Å². The van der Waals surface area contributed by atoms with Crippen molar-refractivity contribution in [1.82, 2.24) is 10.7 Å². The maximum Gasteiger partial charge on any atom is 0.187 e. The molecule has 0 heterocycles. The molecule has 0 bridgehead atoms. The first-order valence-corrected chi connectivity index (χ1v) is 8.31. The van der Waals surface area contributed by atoms with Crippen molar-refractivity contribution in [3.05, 3.63) is 48.0 Å². The Morgan fingerprint density at radius 2 is 1.82 bits per heavy atom. The van der Waals surface area contributed by atoms with Crippen molar-refractivity contribution in [2.75, 3.05) is 0 Å². The molecule has 0 radical (unpaired) electrons. The Hall–Kier alpha value is -1.94. The summed E-state index contributed by atoms with van der Waals surface area (Å²) in [6.07, 6.45) is 8.16. The molecule has 2 aromatic rings. The standard InChI is InChI=1S/C18H21N3S/c22-18(20-16-10-2-1-3-11-16)21-19-13-15-9-6-8-14-7-4-5-12-17(14)15/h4-9,12-13,16H,1-3,10-11H2,(H2,20,21,22)/b19-13-. The Bertz CT molecular complexity index is 670. The molecule has 0 aliphatic heterocycles. The highest BCUT2D eigenvalue weighted by atomic mass is 32.1. The Morgan fingerprint density at radius 3 is 2.68 bits per heavy atom. The molecule has 0 amide bonds. The lowest BCUT2D eigenvalue weighted by Gasteiger charge is -2.23. The molecule has 4 heteroatoms. The van der Waals surface area contributed by atoms with Crippen molar-refractivity contribution < 1.29 is 0 Å². The molecule has 0 atom stereocenters. The van der Waals surface area contributed by atoms with Crippen LogP contribution in [0.3, 0.4) is 0 Å². The van der Waals surface area contributed by atoms with Gasteiger partial charge < -0.3 is 5.32 Å². The summed E-state index contributed by atoms with van der Waals surface area (Å²) in [5, 5.41) is 10.7. The van der Waals surface area contributed by atoms with Crippen molar-refractivity contribution in [2.24, 2.45) is 5.10 Å². The number of hydrogen-bond donors (Lipinski definition) is 2. The number of rotatable bonds is 3. The molecule has 1 aliphatic rings. The molecule has 114 valence electrons. The van der Waals surface area contributed by atoms with E-state index in [0.717, 1.165) is 5.56 Å². The highest BCUT2D eigenvalue weighted by molar-refractivity contribution is 7.80. The van der Waals surface area contributed by atoms with Crippen LogP contribution in [0, 0.1) is 0 Å². The predicted molar refractivity (Wildman–Crippen MR) is 97.3 cm³/mol. The maximum atomic E-state index is 5.31. The van der Waals surface area contributed by atoms with Crippen molar-refractivity contribution in [3.8, 4) is 0 Å². The first kappa shape index (κ1) is 15.0. The van der Waals surface area contributed by atoms with Gasteiger partial charge in [0.15, 0.2) is 5.11 Å². The second-order valence-corrected chi connectivity index (χ2v) is 6.16. The molecule has 3 nitrogen and oxygen atoms in total. The van der Waals surface area contributed by atoms with E-state index in [1.54, 1.807) is 0 Å². The molecule has 1 fully saturated rings. The van der Waals surface area contributed by atoms with Gasteiger partial charge >= 0.3 is 0 Å². The van der Waals surface area contributed by atoms with E-state index in [0.29, 0.717) is 11.2 Å². The minimum Gasteiger partial charge on any atom is -0.359 e. The SMILES string of the molecule is S=C(N/N=C\c1cccc2ccccc12)NC1CCCCC1. The summed E-state index contributed by atoms with van der Waals surface area (Å²) in [5.74, 6) is 0. The van der Waals surface area contributed by atoms with E-state index < -0.39 is 0 Å². The zero-order valence-electron chi connectivity index (χ0n) is 12.6. The second-order valence-electron chi connectivity index (χ2n) is 5.75. The Morgan fingerprint density at radius 1 is 1.05 bits per heavy atom. The Labute approximate surface area is 136 Å². The van der Waals surface area contributed by atoms with Gasteiger partial charge in [0.2, 0.25) is 0 Å². The van der Waals surface area contributed by atoms with Crippen LogP contribution in [-0.2, 0) is 0 Å². The average Bonchev–Trinajstić information content (AvgIpc) is 2.56. The third kappa shape index (κ3) is 3.83. The van der Waals surface area contributed by atoms with E-state index in [9.17, 15) is 0 Å². The lowest BCUT2D eigenvalue weighted by Crippen LogP contribution is -2.40. The zero-order chi connectivity index (χ0) is 15.2. The number of nitrogens with zero attached hydrogens (tertiary/aromatic N) is 1. The number of benzene rings is 2. The summed E-state index contributed by atoms with van der Waals surface area (Å²) >= 11 is 5.31. The molecule has 0 spiro atoms. The van der Waals surface area contributed by atoms with Crippen LogP contribution < -0.4 is 10.7 Å². The summed E-state index contributed by atoms with van der Waals surface area (Å²) in [5.41, 5.74) is 4.02. The number of hydrazone groups is 1. The van der Waals surface area contributed by atoms with Gasteiger partial charge in [0.05, 0.1) is 6.21 Å². The molecular weight excluding hydrogens is 290 g/mol. The minimum atomic E-state index is 0.501. The quantitative estimate of drug-likeness (QED) is 0.511. The number of hydrogen-bond acceptors (Lipinski definition) is 2. The van der Waals surface area contributed by atoms with Crippen LogP contribution in [0.5, 0.6) is 0 Å². The van der Waals surface area contributed by atoms with Crippen molar-refractivity contribution in [3.63, 3.8) is 0 Å². The summed E-state index contributed by atoms with van der Waals surface area (Å²) in [6.45, 7) is 0. The van der Waals surface area contributed by atoms with Gasteiger partial charge in [0.1, 0.15) is 0 Å². The first-order valence-electron chi connectivity index (χ1n) is 7.90. The molecule has 0 unspecified atom stereocenters. The van der Waals surface area contributed by atoms with E-state index in [2.05, 4.69) is 40.1 Å². The second kappa shape index (κ2) is 7.36. The van der Waals surface area contributed by atoms with E-state index in [-0.39, 0.29) is 0 Å². The van der Waals surface area contributed by atoms with Crippen LogP contribution in [-0.4, -0.2) is 17.4 Å². The molecule has 1 saturated carbocycles. The van der Waals surface area contributed by atoms with Gasteiger partial charge in [-0.25, -0.2) is 0 Å². The fraction of sp³-hybridized carbons (Fsp3) is 0.333. The molecule has 22 heavy (non-hydrogen) atoms. The van der Waals surface area contributed by atoms with Gasteiger partial charge in [-0.2, -0.15) is 5.10 Å². The summed E-state index contributed by atoms with van der Waals surface area (Å²) in [6, 6.07) is 15.0. The third-order valence-corrected chi connectivity index (χ3v) is 4.34.